The van der Waals surface area contributed by atoms with E-state index in [1.165, 1.54) is 33.4 Å². The predicted molar refractivity (Wildman–Crippen MR) is 115 cm³/mol. The van der Waals surface area contributed by atoms with Crippen LogP contribution in [-0.4, -0.2) is 29.7 Å². The van der Waals surface area contributed by atoms with E-state index >= 15 is 0 Å². The number of aromatic amines is 1. The highest BCUT2D eigenvalue weighted by molar-refractivity contribution is 5.86. The Hall–Kier alpha value is -2.79. The number of anilines is 1. The van der Waals surface area contributed by atoms with Gasteiger partial charge in [-0.15, -0.1) is 0 Å². The van der Waals surface area contributed by atoms with Gasteiger partial charge in [0, 0.05) is 42.3 Å². The number of rotatable bonds is 9. The van der Waals surface area contributed by atoms with Crippen LogP contribution in [0.4, 0.5) is 5.69 Å². The van der Waals surface area contributed by atoms with Crippen LogP contribution in [0, 0.1) is 6.92 Å². The quantitative estimate of drug-likeness (QED) is 0.277. The first-order valence-corrected chi connectivity index (χ1v) is 9.91. The molecular weight excluding hydrogens is 350 g/mol. The van der Waals surface area contributed by atoms with E-state index in [9.17, 15) is 4.79 Å². The average molecular weight is 380 g/mol. The molecule has 0 fully saturated rings. The minimum Gasteiger partial charge on any atom is -0.375 e. The zero-order valence-electron chi connectivity index (χ0n) is 16.7. The molecule has 2 aromatic carbocycles. The summed E-state index contributed by atoms with van der Waals surface area (Å²) in [5, 5.41) is 9.71. The van der Waals surface area contributed by atoms with Crippen molar-refractivity contribution < 1.29 is 10.0 Å². The number of hydrogen-bond donors (Lipinski definition) is 3. The molecule has 0 radical (unpaired) electrons. The van der Waals surface area contributed by atoms with Gasteiger partial charge in [0.1, 0.15) is 0 Å². The van der Waals surface area contributed by atoms with E-state index in [1.807, 2.05) is 0 Å². The van der Waals surface area contributed by atoms with E-state index in [1.54, 1.807) is 5.48 Å². The zero-order valence-corrected chi connectivity index (χ0v) is 16.7. The Balaban J connectivity index is 1.51. The van der Waals surface area contributed by atoms with Gasteiger partial charge in [0.05, 0.1) is 0 Å². The van der Waals surface area contributed by atoms with Gasteiger partial charge in [-0.3, -0.25) is 10.0 Å². The molecule has 5 nitrogen and oxygen atoms in total. The fourth-order valence-electron chi connectivity index (χ4n) is 3.54. The summed E-state index contributed by atoms with van der Waals surface area (Å²) in [6, 6.07) is 17.4. The first-order chi connectivity index (χ1) is 13.6. The van der Waals surface area contributed by atoms with Crippen molar-refractivity contribution in [2.75, 3.05) is 18.5 Å². The van der Waals surface area contributed by atoms with Crippen molar-refractivity contribution in [2.45, 2.75) is 39.0 Å². The number of nitrogens with one attached hydrogen (secondary N) is 2. The summed E-state index contributed by atoms with van der Waals surface area (Å²) in [6.45, 7) is 3.07. The molecule has 0 spiro atoms. The van der Waals surface area contributed by atoms with Crippen molar-refractivity contribution in [1.82, 2.24) is 10.5 Å². The predicted octanol–water partition coefficient (Wildman–Crippen LogP) is 5.04. The average Bonchev–Trinajstić information content (AvgIpc) is 3.09. The number of benzene rings is 2. The van der Waals surface area contributed by atoms with Crippen LogP contribution in [0.15, 0.2) is 48.5 Å². The van der Waals surface area contributed by atoms with Gasteiger partial charge in [-0.25, -0.2) is 5.48 Å². The Bertz CT molecular complexity index is 915. The molecule has 3 N–H and O–H groups in total. The summed E-state index contributed by atoms with van der Waals surface area (Å²) in [5.41, 5.74) is 7.69. The van der Waals surface area contributed by atoms with E-state index in [-0.39, 0.29) is 5.91 Å². The molecule has 1 aromatic heterocycles. The lowest BCUT2D eigenvalue weighted by Gasteiger charge is -2.19. The monoisotopic (exact) mass is 379 g/mol. The highest BCUT2D eigenvalue weighted by Gasteiger charge is 2.05. The fraction of sp³-hybridized carbons (Fsp3) is 0.348. The van der Waals surface area contributed by atoms with Gasteiger partial charge >= 0.3 is 0 Å². The summed E-state index contributed by atoms with van der Waals surface area (Å²) >= 11 is 0. The highest BCUT2D eigenvalue weighted by Crippen LogP contribution is 2.26. The zero-order chi connectivity index (χ0) is 19.9. The van der Waals surface area contributed by atoms with E-state index in [0.717, 1.165) is 32.2 Å². The van der Waals surface area contributed by atoms with Crippen LogP contribution in [0.25, 0.3) is 22.0 Å². The number of aryl methyl sites for hydroxylation is 1. The lowest BCUT2D eigenvalue weighted by molar-refractivity contribution is -0.129. The number of carbonyl (C=O) groups excluding carboxylic acids is 1. The molecule has 28 heavy (non-hydrogen) atoms. The number of aromatic nitrogens is 1. The molecule has 1 heterocycles. The van der Waals surface area contributed by atoms with Crippen molar-refractivity contribution in [1.29, 1.82) is 0 Å². The van der Waals surface area contributed by atoms with Gasteiger partial charge in [0.25, 0.3) is 0 Å². The maximum Gasteiger partial charge on any atom is 0.243 e. The number of hydrogen-bond acceptors (Lipinski definition) is 3. The summed E-state index contributed by atoms with van der Waals surface area (Å²) in [7, 11) is 2.11. The Kier molecular flexibility index (Phi) is 6.71. The SMILES string of the molecule is Cc1cc2cc(-c3ccc(N(C)CCCCCCC(=O)NO)cc3)ccc2[nH]1. The number of hydroxylamine groups is 1. The lowest BCUT2D eigenvalue weighted by Crippen LogP contribution is -2.18. The molecule has 1 amide bonds. The number of unbranched alkanes of at least 4 members (excludes halogenated alkanes) is 3. The fourth-order valence-corrected chi connectivity index (χ4v) is 3.54. The van der Waals surface area contributed by atoms with Gasteiger partial charge in [-0.1, -0.05) is 31.0 Å². The molecule has 0 saturated carbocycles. The topological polar surface area (TPSA) is 68.4 Å². The Morgan fingerprint density at radius 2 is 1.71 bits per heavy atom. The molecule has 0 aliphatic carbocycles. The third-order valence-electron chi connectivity index (χ3n) is 5.17. The van der Waals surface area contributed by atoms with Crippen LogP contribution in [-0.2, 0) is 4.79 Å². The van der Waals surface area contributed by atoms with Crippen molar-refractivity contribution in [3.05, 3.63) is 54.2 Å². The first-order valence-electron chi connectivity index (χ1n) is 9.91. The van der Waals surface area contributed by atoms with Crippen molar-refractivity contribution >= 4 is 22.5 Å². The van der Waals surface area contributed by atoms with Crippen LogP contribution in [0.3, 0.4) is 0 Å². The van der Waals surface area contributed by atoms with E-state index in [0.29, 0.717) is 6.42 Å². The second-order valence-corrected chi connectivity index (χ2v) is 7.42. The molecular formula is C23H29N3O2. The van der Waals surface area contributed by atoms with Crippen LogP contribution >= 0.6 is 0 Å². The molecule has 148 valence electrons. The van der Waals surface area contributed by atoms with Crippen molar-refractivity contribution in [3.63, 3.8) is 0 Å². The largest absolute Gasteiger partial charge is 0.375 e. The minimum absolute atomic E-state index is 0.303. The Morgan fingerprint density at radius 1 is 1.00 bits per heavy atom. The number of amides is 1. The summed E-state index contributed by atoms with van der Waals surface area (Å²) in [6.07, 6.45) is 4.37. The van der Waals surface area contributed by atoms with Crippen LogP contribution < -0.4 is 10.4 Å². The molecule has 0 unspecified atom stereocenters. The highest BCUT2D eigenvalue weighted by atomic mass is 16.5. The van der Waals surface area contributed by atoms with E-state index in [4.69, 9.17) is 5.21 Å². The maximum atomic E-state index is 11.0. The van der Waals surface area contributed by atoms with Gasteiger partial charge < -0.3 is 9.88 Å². The van der Waals surface area contributed by atoms with E-state index < -0.39 is 0 Å². The minimum atomic E-state index is -0.303. The maximum absolute atomic E-state index is 11.0. The lowest BCUT2D eigenvalue weighted by atomic mass is 10.0. The number of fused-ring (bicyclic) bond motifs is 1. The standard InChI is InChI=1S/C23H29N3O2/c1-17-15-20-16-19(10-13-22(20)24-17)18-8-11-21(12-9-18)26(2)14-6-4-3-5-7-23(27)25-28/h8-13,15-16,24,28H,3-7,14H2,1-2H3,(H,25,27). The molecule has 0 aliphatic heterocycles. The molecule has 0 atom stereocenters. The molecule has 3 rings (SSSR count). The number of nitrogens with zero attached hydrogens (tertiary/aromatic N) is 1. The smallest absolute Gasteiger partial charge is 0.243 e. The van der Waals surface area contributed by atoms with Gasteiger partial charge in [-0.05, 0) is 61.2 Å². The second-order valence-electron chi connectivity index (χ2n) is 7.42. The molecule has 0 aliphatic rings. The molecule has 0 bridgehead atoms. The first kappa shape index (κ1) is 20.0. The summed E-state index contributed by atoms with van der Waals surface area (Å²) < 4.78 is 0. The van der Waals surface area contributed by atoms with Crippen molar-refractivity contribution in [2.24, 2.45) is 0 Å². The van der Waals surface area contributed by atoms with E-state index in [2.05, 4.69) is 72.4 Å². The summed E-state index contributed by atoms with van der Waals surface area (Å²) in [5.74, 6) is -0.303. The Morgan fingerprint density at radius 3 is 2.46 bits per heavy atom. The van der Waals surface area contributed by atoms with Gasteiger partial charge in [0.15, 0.2) is 0 Å². The van der Waals surface area contributed by atoms with Gasteiger partial charge in [-0.2, -0.15) is 0 Å². The van der Waals surface area contributed by atoms with Crippen LogP contribution in [0.1, 0.15) is 37.8 Å². The molecule has 3 aromatic rings. The summed E-state index contributed by atoms with van der Waals surface area (Å²) in [4.78, 5) is 16.6. The van der Waals surface area contributed by atoms with Crippen LogP contribution in [0.2, 0.25) is 0 Å². The Labute approximate surface area is 166 Å². The van der Waals surface area contributed by atoms with Crippen molar-refractivity contribution in [3.8, 4) is 11.1 Å². The normalized spacial score (nSPS) is 11.0. The third-order valence-corrected chi connectivity index (χ3v) is 5.17. The van der Waals surface area contributed by atoms with Gasteiger partial charge in [0.2, 0.25) is 5.91 Å². The molecule has 5 heteroatoms. The second kappa shape index (κ2) is 9.42. The third kappa shape index (κ3) is 5.14. The number of carbonyl (C=O) groups is 1. The van der Waals surface area contributed by atoms with Crippen LogP contribution in [0.5, 0.6) is 0 Å². The number of H-pyrrole nitrogens is 1. The molecule has 0 saturated heterocycles.